The molecule has 1 aliphatic rings. The number of β-lactam (4-membered cyclic amide) rings is 2. The van der Waals surface area contributed by atoms with Gasteiger partial charge in [0.25, 0.3) is 0 Å². The standard InChI is InChI=1S/C15H17NO4/c1-15(10-11-6-4-3-5-7-11)13(18)16(14(15)19)9-8-12(17)20-2/h3-7H,8-10H2,1-2H3. The maximum Gasteiger partial charge on any atom is 0.307 e. The topological polar surface area (TPSA) is 63.7 Å². The Hall–Kier alpha value is -2.17. The second kappa shape index (κ2) is 5.45. The molecule has 20 heavy (non-hydrogen) atoms. The van der Waals surface area contributed by atoms with Gasteiger partial charge >= 0.3 is 5.97 Å². The molecule has 1 heterocycles. The molecule has 1 saturated heterocycles. The Morgan fingerprint density at radius 1 is 1.20 bits per heavy atom. The number of carbonyl (C=O) groups is 3. The first-order chi connectivity index (χ1) is 9.49. The summed E-state index contributed by atoms with van der Waals surface area (Å²) >= 11 is 0. The summed E-state index contributed by atoms with van der Waals surface area (Å²) < 4.78 is 4.50. The molecular weight excluding hydrogens is 258 g/mol. The number of methoxy groups -OCH3 is 1. The maximum atomic E-state index is 12.2. The van der Waals surface area contributed by atoms with Crippen molar-refractivity contribution in [1.82, 2.24) is 4.90 Å². The fraction of sp³-hybridized carbons (Fsp3) is 0.400. The normalized spacial score (nSPS) is 16.8. The summed E-state index contributed by atoms with van der Waals surface area (Å²) in [5, 5.41) is 0. The second-order valence-corrected chi connectivity index (χ2v) is 5.08. The lowest BCUT2D eigenvalue weighted by atomic mass is 9.74. The zero-order chi connectivity index (χ0) is 14.8. The van der Waals surface area contributed by atoms with Gasteiger partial charge in [0.05, 0.1) is 13.5 Å². The Morgan fingerprint density at radius 2 is 1.80 bits per heavy atom. The monoisotopic (exact) mass is 275 g/mol. The first-order valence-electron chi connectivity index (χ1n) is 6.46. The first-order valence-corrected chi connectivity index (χ1v) is 6.46. The number of likely N-dealkylation sites (tertiary alicyclic amines) is 1. The third kappa shape index (κ3) is 2.43. The SMILES string of the molecule is COC(=O)CCN1C(=O)C(C)(Cc2ccccc2)C1=O. The van der Waals surface area contributed by atoms with Crippen LogP contribution in [0.5, 0.6) is 0 Å². The van der Waals surface area contributed by atoms with Gasteiger partial charge in [-0.15, -0.1) is 0 Å². The number of nitrogens with zero attached hydrogens (tertiary/aromatic N) is 1. The minimum atomic E-state index is -1.00. The van der Waals surface area contributed by atoms with Crippen LogP contribution in [0.3, 0.4) is 0 Å². The molecule has 106 valence electrons. The Kier molecular flexibility index (Phi) is 3.88. The third-order valence-corrected chi connectivity index (χ3v) is 3.60. The molecule has 0 bridgehead atoms. The fourth-order valence-electron chi connectivity index (χ4n) is 2.39. The zero-order valence-corrected chi connectivity index (χ0v) is 11.6. The summed E-state index contributed by atoms with van der Waals surface area (Å²) in [6.45, 7) is 1.74. The Morgan fingerprint density at radius 3 is 2.35 bits per heavy atom. The molecule has 5 heteroatoms. The quantitative estimate of drug-likeness (QED) is 0.459. The highest BCUT2D eigenvalue weighted by Gasteiger charge is 2.56. The number of esters is 1. The van der Waals surface area contributed by atoms with Gasteiger partial charge in [0.15, 0.2) is 0 Å². The molecule has 0 N–H and O–H groups in total. The van der Waals surface area contributed by atoms with E-state index in [0.29, 0.717) is 6.42 Å². The van der Waals surface area contributed by atoms with E-state index in [1.54, 1.807) is 6.92 Å². The van der Waals surface area contributed by atoms with E-state index in [-0.39, 0.29) is 24.8 Å². The van der Waals surface area contributed by atoms with Crippen LogP contribution in [0.15, 0.2) is 30.3 Å². The van der Waals surface area contributed by atoms with Crippen molar-refractivity contribution in [3.05, 3.63) is 35.9 Å². The molecular formula is C15H17NO4. The number of hydrogen-bond acceptors (Lipinski definition) is 4. The van der Waals surface area contributed by atoms with Gasteiger partial charge < -0.3 is 4.74 Å². The fourth-order valence-corrected chi connectivity index (χ4v) is 2.39. The largest absolute Gasteiger partial charge is 0.469 e. The lowest BCUT2D eigenvalue weighted by Crippen LogP contribution is -2.65. The molecule has 2 amide bonds. The lowest BCUT2D eigenvalue weighted by Gasteiger charge is -2.44. The van der Waals surface area contributed by atoms with Crippen LogP contribution in [0.1, 0.15) is 18.9 Å². The molecule has 0 aliphatic carbocycles. The number of carbonyl (C=O) groups excluding carboxylic acids is 3. The lowest BCUT2D eigenvalue weighted by molar-refractivity contribution is -0.175. The van der Waals surface area contributed by atoms with E-state index in [1.807, 2.05) is 30.3 Å². The van der Waals surface area contributed by atoms with E-state index < -0.39 is 11.4 Å². The molecule has 1 aliphatic heterocycles. The first kappa shape index (κ1) is 14.2. The molecule has 0 unspecified atom stereocenters. The summed E-state index contributed by atoms with van der Waals surface area (Å²) in [5.74, 6) is -0.882. The van der Waals surface area contributed by atoms with Crippen LogP contribution in [0.25, 0.3) is 0 Å². The Labute approximate surface area is 117 Å². The van der Waals surface area contributed by atoms with Crippen molar-refractivity contribution in [3.63, 3.8) is 0 Å². The molecule has 0 atom stereocenters. The van der Waals surface area contributed by atoms with Crippen molar-refractivity contribution in [2.75, 3.05) is 13.7 Å². The molecule has 1 aromatic rings. The van der Waals surface area contributed by atoms with Crippen molar-refractivity contribution in [3.8, 4) is 0 Å². The molecule has 2 rings (SSSR count). The molecule has 0 saturated carbocycles. The molecule has 0 spiro atoms. The van der Waals surface area contributed by atoms with Gasteiger partial charge in [0.2, 0.25) is 11.8 Å². The van der Waals surface area contributed by atoms with Gasteiger partial charge in [-0.25, -0.2) is 0 Å². The molecule has 1 aromatic carbocycles. The van der Waals surface area contributed by atoms with Gasteiger partial charge in [-0.05, 0) is 18.9 Å². The maximum absolute atomic E-state index is 12.2. The van der Waals surface area contributed by atoms with E-state index in [1.165, 1.54) is 7.11 Å². The number of amides is 2. The van der Waals surface area contributed by atoms with E-state index >= 15 is 0 Å². The predicted molar refractivity (Wildman–Crippen MR) is 71.6 cm³/mol. The van der Waals surface area contributed by atoms with Crippen molar-refractivity contribution in [2.24, 2.45) is 5.41 Å². The summed E-state index contributed by atoms with van der Waals surface area (Å²) in [7, 11) is 1.28. The van der Waals surface area contributed by atoms with Gasteiger partial charge in [-0.2, -0.15) is 0 Å². The van der Waals surface area contributed by atoms with Crippen molar-refractivity contribution in [1.29, 1.82) is 0 Å². The summed E-state index contributed by atoms with van der Waals surface area (Å²) in [4.78, 5) is 36.5. The summed E-state index contributed by atoms with van der Waals surface area (Å²) in [6.07, 6.45) is 0.426. The Bertz CT molecular complexity index is 522. The van der Waals surface area contributed by atoms with Gasteiger partial charge in [0.1, 0.15) is 5.41 Å². The Balaban J connectivity index is 2.00. The van der Waals surface area contributed by atoms with Crippen molar-refractivity contribution >= 4 is 17.8 Å². The molecule has 0 radical (unpaired) electrons. The second-order valence-electron chi connectivity index (χ2n) is 5.08. The summed E-state index contributed by atoms with van der Waals surface area (Å²) in [5.41, 5.74) is -0.0541. The van der Waals surface area contributed by atoms with Crippen molar-refractivity contribution in [2.45, 2.75) is 19.8 Å². The predicted octanol–water partition coefficient (Wildman–Crippen LogP) is 1.17. The van der Waals surface area contributed by atoms with Crippen LogP contribution < -0.4 is 0 Å². The smallest absolute Gasteiger partial charge is 0.307 e. The minimum Gasteiger partial charge on any atom is -0.469 e. The average Bonchev–Trinajstić information content (AvgIpc) is 2.47. The van der Waals surface area contributed by atoms with Crippen LogP contribution in [-0.4, -0.2) is 36.3 Å². The molecule has 0 aromatic heterocycles. The van der Waals surface area contributed by atoms with Crippen LogP contribution in [0.4, 0.5) is 0 Å². The summed E-state index contributed by atoms with van der Waals surface area (Å²) in [6, 6.07) is 9.42. The average molecular weight is 275 g/mol. The highest BCUT2D eigenvalue weighted by molar-refractivity contribution is 6.21. The number of hydrogen-bond donors (Lipinski definition) is 0. The van der Waals surface area contributed by atoms with E-state index in [2.05, 4.69) is 4.74 Å². The van der Waals surface area contributed by atoms with Crippen LogP contribution in [-0.2, 0) is 25.5 Å². The van der Waals surface area contributed by atoms with E-state index in [0.717, 1.165) is 10.5 Å². The number of imide groups is 1. The number of rotatable bonds is 5. The van der Waals surface area contributed by atoms with Crippen LogP contribution >= 0.6 is 0 Å². The molecule has 5 nitrogen and oxygen atoms in total. The number of benzene rings is 1. The van der Waals surface area contributed by atoms with Crippen molar-refractivity contribution < 1.29 is 19.1 Å². The number of ether oxygens (including phenoxy) is 1. The van der Waals surface area contributed by atoms with Gasteiger partial charge in [-0.1, -0.05) is 30.3 Å². The third-order valence-electron chi connectivity index (χ3n) is 3.60. The van der Waals surface area contributed by atoms with E-state index in [9.17, 15) is 14.4 Å². The van der Waals surface area contributed by atoms with Gasteiger partial charge in [0, 0.05) is 6.54 Å². The van der Waals surface area contributed by atoms with Gasteiger partial charge in [-0.3, -0.25) is 19.3 Å². The van der Waals surface area contributed by atoms with E-state index in [4.69, 9.17) is 0 Å². The zero-order valence-electron chi connectivity index (χ0n) is 11.6. The van der Waals surface area contributed by atoms with Crippen LogP contribution in [0.2, 0.25) is 0 Å². The minimum absolute atomic E-state index is 0.0371. The highest BCUT2D eigenvalue weighted by atomic mass is 16.5. The highest BCUT2D eigenvalue weighted by Crippen LogP contribution is 2.36. The molecule has 1 fully saturated rings. The van der Waals surface area contributed by atoms with Crippen LogP contribution in [0, 0.1) is 5.41 Å².